The van der Waals surface area contributed by atoms with Crippen LogP contribution < -0.4 is 9.47 Å². The summed E-state index contributed by atoms with van der Waals surface area (Å²) in [5, 5.41) is 1.04. The molecule has 2 atom stereocenters. The Hall–Kier alpha value is -3.52. The van der Waals surface area contributed by atoms with Gasteiger partial charge in [-0.1, -0.05) is 30.3 Å². The van der Waals surface area contributed by atoms with Gasteiger partial charge in [0, 0.05) is 49.2 Å². The Morgan fingerprint density at radius 3 is 2.67 bits per heavy atom. The monoisotopic (exact) mass is 491 g/mol. The van der Waals surface area contributed by atoms with Crippen molar-refractivity contribution in [3.63, 3.8) is 0 Å². The highest BCUT2D eigenvalue weighted by atomic mass is 16.5. The van der Waals surface area contributed by atoms with Crippen LogP contribution in [0.1, 0.15) is 43.0 Å². The quantitative estimate of drug-likeness (QED) is 0.487. The van der Waals surface area contributed by atoms with Crippen LogP contribution in [-0.4, -0.2) is 73.7 Å². The molecule has 2 amide bonds. The Morgan fingerprint density at radius 1 is 1.11 bits per heavy atom. The Balaban J connectivity index is 1.70. The molecule has 190 valence electrons. The lowest BCUT2D eigenvalue weighted by atomic mass is 9.76. The first kappa shape index (κ1) is 24.2. The van der Waals surface area contributed by atoms with Crippen molar-refractivity contribution in [2.75, 3.05) is 47.1 Å². The van der Waals surface area contributed by atoms with Crippen molar-refractivity contribution in [3.05, 3.63) is 59.3 Å². The maximum absolute atomic E-state index is 14.0. The van der Waals surface area contributed by atoms with E-state index in [0.29, 0.717) is 44.2 Å². The van der Waals surface area contributed by atoms with Gasteiger partial charge < -0.3 is 29.0 Å². The van der Waals surface area contributed by atoms with E-state index in [4.69, 9.17) is 14.2 Å². The molecule has 2 aliphatic heterocycles. The van der Waals surface area contributed by atoms with Crippen LogP contribution >= 0.6 is 0 Å². The number of fused-ring (bicyclic) bond motifs is 5. The van der Waals surface area contributed by atoms with Gasteiger partial charge in [-0.05, 0) is 38.0 Å². The van der Waals surface area contributed by atoms with E-state index >= 15 is 0 Å². The van der Waals surface area contributed by atoms with Crippen LogP contribution in [0.5, 0.6) is 11.5 Å². The van der Waals surface area contributed by atoms with Gasteiger partial charge in [0.05, 0.1) is 26.0 Å². The number of carbonyl (C=O) groups is 2. The van der Waals surface area contributed by atoms with Crippen LogP contribution in [0.2, 0.25) is 0 Å². The molecule has 36 heavy (non-hydrogen) atoms. The van der Waals surface area contributed by atoms with Crippen molar-refractivity contribution < 1.29 is 23.8 Å². The van der Waals surface area contributed by atoms with Gasteiger partial charge in [0.1, 0.15) is 0 Å². The Morgan fingerprint density at radius 2 is 1.92 bits per heavy atom. The van der Waals surface area contributed by atoms with Crippen LogP contribution in [0.15, 0.2) is 42.5 Å². The molecule has 0 saturated carbocycles. The molecule has 0 spiro atoms. The lowest BCUT2D eigenvalue weighted by molar-refractivity contribution is -0.166. The molecule has 0 bridgehead atoms. The molecule has 0 radical (unpaired) electrons. The van der Waals surface area contributed by atoms with Gasteiger partial charge in [0.2, 0.25) is 5.91 Å². The summed E-state index contributed by atoms with van der Waals surface area (Å²) in [7, 11) is 3.26. The zero-order chi connectivity index (χ0) is 25.4. The lowest BCUT2D eigenvalue weighted by Crippen LogP contribution is -2.67. The van der Waals surface area contributed by atoms with Crippen molar-refractivity contribution in [1.29, 1.82) is 0 Å². The summed E-state index contributed by atoms with van der Waals surface area (Å²) in [4.78, 5) is 34.5. The largest absolute Gasteiger partial charge is 0.493 e. The van der Waals surface area contributed by atoms with E-state index in [-0.39, 0.29) is 24.3 Å². The average molecular weight is 492 g/mol. The average Bonchev–Trinajstić information content (AvgIpc) is 3.28. The molecule has 3 aromatic rings. The highest BCUT2D eigenvalue weighted by molar-refractivity contribution is 6.01. The zero-order valence-corrected chi connectivity index (χ0v) is 21.3. The number of piperazine rings is 1. The SMILES string of the molecule is CCOc1c(OC)cccc1[C@@H]1CN2C(=O)CN(CCCOC)C(=O)[C@]2(C)c2[nH]c3ccccc3c21. The summed E-state index contributed by atoms with van der Waals surface area (Å²) in [5.74, 6) is 0.987. The third-order valence-electron chi connectivity index (χ3n) is 7.49. The summed E-state index contributed by atoms with van der Waals surface area (Å²) in [6.07, 6.45) is 0.676. The molecule has 8 heteroatoms. The Kier molecular flexibility index (Phi) is 6.38. The number of amides is 2. The predicted octanol–water partition coefficient (Wildman–Crippen LogP) is 3.64. The van der Waals surface area contributed by atoms with Crippen molar-refractivity contribution in [1.82, 2.24) is 14.8 Å². The highest BCUT2D eigenvalue weighted by Gasteiger charge is 2.56. The number of benzene rings is 2. The van der Waals surface area contributed by atoms with Crippen molar-refractivity contribution in [2.24, 2.45) is 0 Å². The van der Waals surface area contributed by atoms with Gasteiger partial charge in [0.25, 0.3) is 5.91 Å². The Labute approximate surface area is 211 Å². The van der Waals surface area contributed by atoms with Crippen LogP contribution in [0.3, 0.4) is 0 Å². The zero-order valence-electron chi connectivity index (χ0n) is 21.3. The molecule has 1 aromatic heterocycles. The number of hydrogen-bond donors (Lipinski definition) is 1. The van der Waals surface area contributed by atoms with E-state index in [1.165, 1.54) is 0 Å². The maximum Gasteiger partial charge on any atom is 0.254 e. The molecule has 5 rings (SSSR count). The van der Waals surface area contributed by atoms with Crippen molar-refractivity contribution >= 4 is 22.7 Å². The van der Waals surface area contributed by atoms with E-state index in [0.717, 1.165) is 27.7 Å². The first-order chi connectivity index (χ1) is 17.4. The van der Waals surface area contributed by atoms with E-state index in [9.17, 15) is 9.59 Å². The van der Waals surface area contributed by atoms with Gasteiger partial charge in [0.15, 0.2) is 17.0 Å². The minimum Gasteiger partial charge on any atom is -0.493 e. The summed E-state index contributed by atoms with van der Waals surface area (Å²) in [5.41, 5.74) is 2.54. The molecule has 1 N–H and O–H groups in total. The van der Waals surface area contributed by atoms with Gasteiger partial charge in [-0.3, -0.25) is 9.59 Å². The van der Waals surface area contributed by atoms with Gasteiger partial charge >= 0.3 is 0 Å². The first-order valence-corrected chi connectivity index (χ1v) is 12.4. The Bertz CT molecular complexity index is 1300. The molecule has 0 aliphatic carbocycles. The highest BCUT2D eigenvalue weighted by Crippen LogP contribution is 2.50. The molecular weight excluding hydrogens is 458 g/mol. The minimum atomic E-state index is -1.13. The van der Waals surface area contributed by atoms with Crippen molar-refractivity contribution in [2.45, 2.75) is 31.7 Å². The summed E-state index contributed by atoms with van der Waals surface area (Å²) >= 11 is 0. The van der Waals surface area contributed by atoms with Crippen LogP contribution in [0.25, 0.3) is 10.9 Å². The molecule has 2 aliphatic rings. The number of methoxy groups -OCH3 is 2. The maximum atomic E-state index is 14.0. The van der Waals surface area contributed by atoms with Gasteiger partial charge in [-0.25, -0.2) is 0 Å². The van der Waals surface area contributed by atoms with Gasteiger partial charge in [-0.2, -0.15) is 0 Å². The number of nitrogens with zero attached hydrogens (tertiary/aromatic N) is 2. The van der Waals surface area contributed by atoms with Crippen LogP contribution in [0.4, 0.5) is 0 Å². The number of rotatable bonds is 8. The second-order valence-electron chi connectivity index (χ2n) is 9.47. The third kappa shape index (κ3) is 3.63. The number of para-hydroxylation sites is 2. The van der Waals surface area contributed by atoms with Crippen LogP contribution in [-0.2, 0) is 19.9 Å². The fraction of sp³-hybridized carbons (Fsp3) is 0.429. The number of nitrogens with one attached hydrogen (secondary N) is 1. The number of aromatic nitrogens is 1. The summed E-state index contributed by atoms with van der Waals surface area (Å²) in [6.45, 7) is 5.74. The first-order valence-electron chi connectivity index (χ1n) is 12.4. The summed E-state index contributed by atoms with van der Waals surface area (Å²) in [6, 6.07) is 13.9. The normalized spacial score (nSPS) is 21.5. The second-order valence-corrected chi connectivity index (χ2v) is 9.47. The number of hydrogen-bond acceptors (Lipinski definition) is 5. The molecule has 0 unspecified atom stereocenters. The van der Waals surface area contributed by atoms with E-state index < -0.39 is 5.54 Å². The molecule has 3 heterocycles. The fourth-order valence-corrected chi connectivity index (χ4v) is 5.80. The fourth-order valence-electron chi connectivity index (χ4n) is 5.80. The number of H-pyrrole nitrogens is 1. The molecule has 1 fully saturated rings. The second kappa shape index (κ2) is 9.50. The molecular formula is C28H33N3O5. The minimum absolute atomic E-state index is 0.0651. The molecule has 8 nitrogen and oxygen atoms in total. The third-order valence-corrected chi connectivity index (χ3v) is 7.49. The standard InChI is InChI=1S/C28H33N3O5/c1-5-36-25-18(11-8-13-22(25)35-4)20-16-31-23(32)17-30(14-9-15-34-3)27(33)28(31,2)26-24(20)19-10-6-7-12-21(19)29-26/h6-8,10-13,20,29H,5,9,14-17H2,1-4H3/t20-,28-/m0/s1. The molecule has 1 saturated heterocycles. The van der Waals surface area contributed by atoms with E-state index in [2.05, 4.69) is 11.1 Å². The predicted molar refractivity (Wildman–Crippen MR) is 136 cm³/mol. The number of aromatic amines is 1. The number of ether oxygens (including phenoxy) is 3. The van der Waals surface area contributed by atoms with Gasteiger partial charge in [-0.15, -0.1) is 0 Å². The lowest BCUT2D eigenvalue weighted by Gasteiger charge is -2.51. The van der Waals surface area contributed by atoms with E-state index in [1.54, 1.807) is 24.0 Å². The van der Waals surface area contributed by atoms with E-state index in [1.807, 2.05) is 50.2 Å². The molecule has 2 aromatic carbocycles. The topological polar surface area (TPSA) is 84.1 Å². The van der Waals surface area contributed by atoms with Crippen molar-refractivity contribution in [3.8, 4) is 11.5 Å². The van der Waals surface area contributed by atoms with Crippen LogP contribution in [0, 0.1) is 0 Å². The summed E-state index contributed by atoms with van der Waals surface area (Å²) < 4.78 is 16.9. The number of carbonyl (C=O) groups excluding carboxylic acids is 2. The smallest absolute Gasteiger partial charge is 0.254 e.